The Balaban J connectivity index is 2.04. The first-order valence-electron chi connectivity index (χ1n) is 6.31. The summed E-state index contributed by atoms with van der Waals surface area (Å²) >= 11 is 0. The summed E-state index contributed by atoms with van der Waals surface area (Å²) in [5, 5.41) is 0. The van der Waals surface area contributed by atoms with Crippen molar-refractivity contribution in [3.63, 3.8) is 0 Å². The van der Waals surface area contributed by atoms with Crippen LogP contribution in [0.15, 0.2) is 36.4 Å². The van der Waals surface area contributed by atoms with E-state index in [4.69, 9.17) is 4.74 Å². The highest BCUT2D eigenvalue weighted by molar-refractivity contribution is 5.29. The Hall–Kier alpha value is -1.90. The number of rotatable bonds is 5. The Bertz CT molecular complexity index is 497. The van der Waals surface area contributed by atoms with Crippen molar-refractivity contribution in [3.05, 3.63) is 53.3 Å². The second kappa shape index (κ2) is 5.63. The van der Waals surface area contributed by atoms with Crippen LogP contribution in [0, 0.1) is 13.8 Å². The summed E-state index contributed by atoms with van der Waals surface area (Å²) in [5.41, 5.74) is 7.06. The Labute approximate surface area is 108 Å². The molecule has 0 aliphatic heterocycles. The lowest BCUT2D eigenvalue weighted by molar-refractivity contribution is 0.340. The van der Waals surface area contributed by atoms with Crippen LogP contribution in [0.1, 0.15) is 23.9 Å². The molecule has 3 heteroatoms. The van der Waals surface area contributed by atoms with Gasteiger partial charge in [-0.05, 0) is 50.6 Å². The maximum Gasteiger partial charge on any atom is 0.119 e. The third-order valence-corrected chi connectivity index (χ3v) is 2.92. The summed E-state index contributed by atoms with van der Waals surface area (Å²) in [6.07, 6.45) is 0. The molecule has 1 N–H and O–H groups in total. The number of aromatic nitrogens is 1. The third kappa shape index (κ3) is 2.86. The minimum Gasteiger partial charge on any atom is -0.494 e. The van der Waals surface area contributed by atoms with E-state index in [0.717, 1.165) is 12.3 Å². The summed E-state index contributed by atoms with van der Waals surface area (Å²) in [7, 11) is 0. The van der Waals surface area contributed by atoms with Gasteiger partial charge in [-0.2, -0.15) is 0 Å². The molecular formula is C15H20N2O. The van der Waals surface area contributed by atoms with E-state index in [9.17, 15) is 0 Å². The zero-order chi connectivity index (χ0) is 13.0. The number of benzene rings is 1. The average Bonchev–Trinajstić information content (AvgIpc) is 2.68. The predicted octanol–water partition coefficient (Wildman–Crippen LogP) is 3.25. The van der Waals surface area contributed by atoms with E-state index >= 15 is 0 Å². The Morgan fingerprint density at radius 2 is 1.83 bits per heavy atom. The van der Waals surface area contributed by atoms with E-state index in [0.29, 0.717) is 6.61 Å². The molecule has 2 aromatic rings. The van der Waals surface area contributed by atoms with Gasteiger partial charge in [0.05, 0.1) is 13.2 Å². The van der Waals surface area contributed by atoms with Gasteiger partial charge < -0.3 is 10.2 Å². The van der Waals surface area contributed by atoms with Gasteiger partial charge in [0, 0.05) is 11.4 Å². The summed E-state index contributed by atoms with van der Waals surface area (Å²) in [6, 6.07) is 12.4. The van der Waals surface area contributed by atoms with Crippen LogP contribution < -0.4 is 10.2 Å². The minimum absolute atomic E-state index is 0.701. The summed E-state index contributed by atoms with van der Waals surface area (Å²) < 4.78 is 7.60. The zero-order valence-corrected chi connectivity index (χ0v) is 11.2. The van der Waals surface area contributed by atoms with Gasteiger partial charge in [0.25, 0.3) is 0 Å². The fraction of sp³-hybridized carbons (Fsp3) is 0.333. The van der Waals surface area contributed by atoms with Crippen molar-refractivity contribution in [1.29, 1.82) is 0 Å². The molecule has 0 aliphatic rings. The van der Waals surface area contributed by atoms with Crippen LogP contribution in [0.25, 0.3) is 0 Å². The zero-order valence-electron chi connectivity index (χ0n) is 11.2. The molecule has 0 spiro atoms. The van der Waals surface area contributed by atoms with Gasteiger partial charge >= 0.3 is 0 Å². The molecule has 0 saturated heterocycles. The summed E-state index contributed by atoms with van der Waals surface area (Å²) in [6.45, 7) is 7.68. The number of ether oxygens (including phenoxy) is 1. The second-order valence-corrected chi connectivity index (χ2v) is 4.37. The van der Waals surface area contributed by atoms with Crippen molar-refractivity contribution >= 4 is 0 Å². The molecule has 1 heterocycles. The quantitative estimate of drug-likeness (QED) is 0.873. The Morgan fingerprint density at radius 3 is 2.50 bits per heavy atom. The lowest BCUT2D eigenvalue weighted by atomic mass is 10.2. The van der Waals surface area contributed by atoms with E-state index in [1.807, 2.05) is 19.1 Å². The van der Waals surface area contributed by atoms with Gasteiger partial charge in [0.1, 0.15) is 5.75 Å². The van der Waals surface area contributed by atoms with Crippen molar-refractivity contribution in [2.75, 3.05) is 12.0 Å². The smallest absolute Gasteiger partial charge is 0.119 e. The van der Waals surface area contributed by atoms with Crippen LogP contribution in [0.4, 0.5) is 0 Å². The first kappa shape index (κ1) is 12.6. The fourth-order valence-corrected chi connectivity index (χ4v) is 2.00. The minimum atomic E-state index is 0.701. The van der Waals surface area contributed by atoms with Crippen molar-refractivity contribution in [3.8, 4) is 5.75 Å². The highest BCUT2D eigenvalue weighted by Crippen LogP contribution is 2.14. The van der Waals surface area contributed by atoms with Gasteiger partial charge in [-0.1, -0.05) is 12.1 Å². The highest BCUT2D eigenvalue weighted by Gasteiger charge is 2.01. The standard InChI is InChI=1S/C15H20N2O/c1-4-18-15-7-5-6-14(10-15)11-16-17-12(2)8-9-13(17)3/h5-10,16H,4,11H2,1-3H3. The monoisotopic (exact) mass is 244 g/mol. The molecule has 1 aromatic carbocycles. The maximum atomic E-state index is 5.50. The van der Waals surface area contributed by atoms with Crippen LogP contribution in [-0.2, 0) is 6.54 Å². The van der Waals surface area contributed by atoms with Gasteiger partial charge in [0.2, 0.25) is 0 Å². The van der Waals surface area contributed by atoms with E-state index in [-0.39, 0.29) is 0 Å². The van der Waals surface area contributed by atoms with Crippen molar-refractivity contribution in [2.45, 2.75) is 27.3 Å². The van der Waals surface area contributed by atoms with Gasteiger partial charge in [-0.15, -0.1) is 0 Å². The van der Waals surface area contributed by atoms with Crippen molar-refractivity contribution in [2.24, 2.45) is 0 Å². The van der Waals surface area contributed by atoms with Gasteiger partial charge in [0.15, 0.2) is 0 Å². The first-order chi connectivity index (χ1) is 8.70. The van der Waals surface area contributed by atoms with E-state index in [2.05, 4.69) is 48.2 Å². The summed E-state index contributed by atoms with van der Waals surface area (Å²) in [5.74, 6) is 0.928. The number of nitrogens with zero attached hydrogens (tertiary/aromatic N) is 1. The molecule has 18 heavy (non-hydrogen) atoms. The largest absolute Gasteiger partial charge is 0.494 e. The molecular weight excluding hydrogens is 224 g/mol. The molecule has 3 nitrogen and oxygen atoms in total. The van der Waals surface area contributed by atoms with E-state index < -0.39 is 0 Å². The third-order valence-electron chi connectivity index (χ3n) is 2.92. The Kier molecular flexibility index (Phi) is 3.92. The predicted molar refractivity (Wildman–Crippen MR) is 74.6 cm³/mol. The van der Waals surface area contributed by atoms with Crippen LogP contribution >= 0.6 is 0 Å². The average molecular weight is 244 g/mol. The topological polar surface area (TPSA) is 26.2 Å². The van der Waals surface area contributed by atoms with Gasteiger partial charge in [-0.25, -0.2) is 0 Å². The molecule has 2 rings (SSSR count). The normalized spacial score (nSPS) is 10.4. The lowest BCUT2D eigenvalue weighted by Gasteiger charge is -2.13. The molecule has 0 unspecified atom stereocenters. The van der Waals surface area contributed by atoms with Crippen LogP contribution in [-0.4, -0.2) is 11.3 Å². The summed E-state index contributed by atoms with van der Waals surface area (Å²) in [4.78, 5) is 0. The molecule has 0 fully saturated rings. The maximum absolute atomic E-state index is 5.50. The molecule has 0 bridgehead atoms. The number of hydrogen-bond donors (Lipinski definition) is 1. The van der Waals surface area contributed by atoms with E-state index in [1.165, 1.54) is 17.0 Å². The SMILES string of the molecule is CCOc1cccc(CNn2c(C)ccc2C)c1. The Morgan fingerprint density at radius 1 is 1.11 bits per heavy atom. The second-order valence-electron chi connectivity index (χ2n) is 4.37. The molecule has 0 amide bonds. The molecule has 0 radical (unpaired) electrons. The highest BCUT2D eigenvalue weighted by atomic mass is 16.5. The van der Waals surface area contributed by atoms with E-state index in [1.54, 1.807) is 0 Å². The molecule has 1 aromatic heterocycles. The van der Waals surface area contributed by atoms with Crippen LogP contribution in [0.5, 0.6) is 5.75 Å². The molecule has 0 aliphatic carbocycles. The number of hydrogen-bond acceptors (Lipinski definition) is 2. The fourth-order valence-electron chi connectivity index (χ4n) is 2.00. The van der Waals surface area contributed by atoms with Gasteiger partial charge in [-0.3, -0.25) is 4.68 Å². The number of aryl methyl sites for hydroxylation is 2. The first-order valence-corrected chi connectivity index (χ1v) is 6.31. The van der Waals surface area contributed by atoms with Crippen molar-refractivity contribution in [1.82, 2.24) is 4.68 Å². The van der Waals surface area contributed by atoms with Crippen molar-refractivity contribution < 1.29 is 4.74 Å². The molecule has 96 valence electrons. The van der Waals surface area contributed by atoms with Crippen LogP contribution in [0.3, 0.4) is 0 Å². The lowest BCUT2D eigenvalue weighted by Crippen LogP contribution is -2.16. The van der Waals surface area contributed by atoms with Crippen LogP contribution in [0.2, 0.25) is 0 Å². The number of nitrogens with one attached hydrogen (secondary N) is 1. The molecule has 0 atom stereocenters. The molecule has 0 saturated carbocycles.